The van der Waals surface area contributed by atoms with Crippen LogP contribution in [0.3, 0.4) is 0 Å². The van der Waals surface area contributed by atoms with E-state index in [1.54, 1.807) is 18.4 Å². The number of hydrogen-bond acceptors (Lipinski definition) is 3. The molecule has 0 saturated carbocycles. The summed E-state index contributed by atoms with van der Waals surface area (Å²) < 4.78 is 6.36. The van der Waals surface area contributed by atoms with Crippen molar-refractivity contribution in [2.75, 3.05) is 13.7 Å². The third-order valence-corrected chi connectivity index (χ3v) is 3.76. The van der Waals surface area contributed by atoms with Crippen molar-refractivity contribution in [3.05, 3.63) is 35.2 Å². The Morgan fingerprint density at radius 3 is 3.00 bits per heavy atom. The summed E-state index contributed by atoms with van der Waals surface area (Å²) in [6.45, 7) is 0.787. The van der Waals surface area contributed by atoms with Crippen LogP contribution < -0.4 is 5.73 Å². The van der Waals surface area contributed by atoms with Gasteiger partial charge in [-0.15, -0.1) is 11.3 Å². The fourth-order valence-corrected chi connectivity index (χ4v) is 2.91. The van der Waals surface area contributed by atoms with Gasteiger partial charge in [0.15, 0.2) is 0 Å². The average Bonchev–Trinajstić information content (AvgIpc) is 2.73. The summed E-state index contributed by atoms with van der Waals surface area (Å²) in [5, 5.41) is 3.49. The lowest BCUT2D eigenvalue weighted by atomic mass is 10.0. The van der Waals surface area contributed by atoms with E-state index in [2.05, 4.69) is 29.6 Å². The molecular weight excluding hydrogens is 218 g/mol. The largest absolute Gasteiger partial charge is 0.385 e. The molecule has 0 radical (unpaired) electrons. The van der Waals surface area contributed by atoms with Crippen LogP contribution in [0.5, 0.6) is 0 Å². The van der Waals surface area contributed by atoms with Crippen LogP contribution in [0, 0.1) is 0 Å². The SMILES string of the molecule is COCCCC(N)c1csc2ccccc12. The van der Waals surface area contributed by atoms with Crippen LogP contribution in [0.1, 0.15) is 24.4 Å². The molecular formula is C13H17NOS. The highest BCUT2D eigenvalue weighted by atomic mass is 32.1. The number of nitrogens with two attached hydrogens (primary N) is 1. The van der Waals surface area contributed by atoms with Crippen molar-refractivity contribution in [2.45, 2.75) is 18.9 Å². The first-order valence-corrected chi connectivity index (χ1v) is 6.41. The fraction of sp³-hybridized carbons (Fsp3) is 0.385. The Kier molecular flexibility index (Phi) is 3.93. The normalized spacial score (nSPS) is 13.1. The zero-order chi connectivity index (χ0) is 11.4. The molecule has 1 unspecified atom stereocenters. The van der Waals surface area contributed by atoms with E-state index in [0.29, 0.717) is 0 Å². The molecule has 1 aromatic heterocycles. The van der Waals surface area contributed by atoms with E-state index in [4.69, 9.17) is 10.5 Å². The molecule has 0 spiro atoms. The third kappa shape index (κ3) is 2.43. The van der Waals surface area contributed by atoms with Crippen LogP contribution in [-0.2, 0) is 4.74 Å². The minimum Gasteiger partial charge on any atom is -0.385 e. The molecule has 86 valence electrons. The van der Waals surface area contributed by atoms with E-state index in [1.807, 2.05) is 0 Å². The maximum atomic E-state index is 6.20. The van der Waals surface area contributed by atoms with Crippen LogP contribution in [0.15, 0.2) is 29.6 Å². The lowest BCUT2D eigenvalue weighted by Gasteiger charge is -2.10. The van der Waals surface area contributed by atoms with Gasteiger partial charge in [-0.05, 0) is 35.2 Å². The number of hydrogen-bond donors (Lipinski definition) is 1. The average molecular weight is 235 g/mol. The second kappa shape index (κ2) is 5.43. The van der Waals surface area contributed by atoms with Gasteiger partial charge in [-0.1, -0.05) is 18.2 Å². The molecule has 0 aliphatic carbocycles. The Hall–Kier alpha value is -0.900. The van der Waals surface area contributed by atoms with Crippen LogP contribution >= 0.6 is 11.3 Å². The highest BCUT2D eigenvalue weighted by Gasteiger charge is 2.10. The highest BCUT2D eigenvalue weighted by molar-refractivity contribution is 7.17. The first kappa shape index (κ1) is 11.6. The molecule has 2 aromatic rings. The molecule has 0 amide bonds. The van der Waals surface area contributed by atoms with Gasteiger partial charge in [0.1, 0.15) is 0 Å². The molecule has 1 heterocycles. The van der Waals surface area contributed by atoms with E-state index in [0.717, 1.165) is 19.4 Å². The van der Waals surface area contributed by atoms with Crippen molar-refractivity contribution in [1.29, 1.82) is 0 Å². The number of thiophene rings is 1. The van der Waals surface area contributed by atoms with Crippen molar-refractivity contribution in [3.8, 4) is 0 Å². The van der Waals surface area contributed by atoms with E-state index < -0.39 is 0 Å². The van der Waals surface area contributed by atoms with Crippen LogP contribution in [0.4, 0.5) is 0 Å². The lowest BCUT2D eigenvalue weighted by molar-refractivity contribution is 0.190. The number of rotatable bonds is 5. The Balaban J connectivity index is 2.13. The lowest BCUT2D eigenvalue weighted by Crippen LogP contribution is -2.10. The molecule has 0 fully saturated rings. The number of benzene rings is 1. The van der Waals surface area contributed by atoms with Crippen molar-refractivity contribution < 1.29 is 4.74 Å². The summed E-state index contributed by atoms with van der Waals surface area (Å²) in [7, 11) is 1.73. The number of ether oxygens (including phenoxy) is 1. The highest BCUT2D eigenvalue weighted by Crippen LogP contribution is 2.30. The molecule has 16 heavy (non-hydrogen) atoms. The molecule has 3 heteroatoms. The zero-order valence-electron chi connectivity index (χ0n) is 9.48. The van der Waals surface area contributed by atoms with Gasteiger partial charge in [0.05, 0.1) is 0 Å². The summed E-state index contributed by atoms with van der Waals surface area (Å²) in [5.74, 6) is 0. The van der Waals surface area contributed by atoms with Crippen molar-refractivity contribution in [2.24, 2.45) is 5.73 Å². The third-order valence-electron chi connectivity index (χ3n) is 2.77. The first-order valence-electron chi connectivity index (χ1n) is 5.53. The van der Waals surface area contributed by atoms with E-state index >= 15 is 0 Å². The maximum absolute atomic E-state index is 6.20. The number of fused-ring (bicyclic) bond motifs is 1. The summed E-state index contributed by atoms with van der Waals surface area (Å²) in [5.41, 5.74) is 7.47. The van der Waals surface area contributed by atoms with Crippen LogP contribution in [0.25, 0.3) is 10.1 Å². The van der Waals surface area contributed by atoms with Crippen LogP contribution in [0.2, 0.25) is 0 Å². The summed E-state index contributed by atoms with van der Waals surface area (Å²) in [6, 6.07) is 8.56. The summed E-state index contributed by atoms with van der Waals surface area (Å²) >= 11 is 1.77. The monoisotopic (exact) mass is 235 g/mol. The van der Waals surface area contributed by atoms with Crippen molar-refractivity contribution >= 4 is 21.4 Å². The minimum atomic E-state index is 0.131. The van der Waals surface area contributed by atoms with Crippen molar-refractivity contribution in [1.82, 2.24) is 0 Å². The molecule has 0 aliphatic rings. The zero-order valence-corrected chi connectivity index (χ0v) is 10.3. The smallest absolute Gasteiger partial charge is 0.0462 e. The van der Waals surface area contributed by atoms with Gasteiger partial charge in [-0.3, -0.25) is 0 Å². The Morgan fingerprint density at radius 2 is 2.19 bits per heavy atom. The van der Waals surface area contributed by atoms with Crippen molar-refractivity contribution in [3.63, 3.8) is 0 Å². The Bertz CT molecular complexity index is 452. The molecule has 1 atom stereocenters. The number of methoxy groups -OCH3 is 1. The predicted molar refractivity (Wildman–Crippen MR) is 69.9 cm³/mol. The van der Waals surface area contributed by atoms with Gasteiger partial charge in [0.25, 0.3) is 0 Å². The second-order valence-corrected chi connectivity index (χ2v) is 4.84. The van der Waals surface area contributed by atoms with Gasteiger partial charge >= 0.3 is 0 Å². The molecule has 2 N–H and O–H groups in total. The van der Waals surface area contributed by atoms with E-state index in [9.17, 15) is 0 Å². The van der Waals surface area contributed by atoms with Gasteiger partial charge in [0, 0.05) is 24.5 Å². The van der Waals surface area contributed by atoms with Gasteiger partial charge < -0.3 is 10.5 Å². The van der Waals surface area contributed by atoms with Crippen LogP contribution in [-0.4, -0.2) is 13.7 Å². The predicted octanol–water partition coefficient (Wildman–Crippen LogP) is 3.33. The first-order chi connectivity index (χ1) is 7.83. The molecule has 0 bridgehead atoms. The van der Waals surface area contributed by atoms with E-state index in [1.165, 1.54) is 15.6 Å². The molecule has 0 aliphatic heterocycles. The molecule has 2 rings (SSSR count). The topological polar surface area (TPSA) is 35.2 Å². The Labute approximate surface area is 100 Å². The van der Waals surface area contributed by atoms with Gasteiger partial charge in [-0.25, -0.2) is 0 Å². The molecule has 0 saturated heterocycles. The summed E-state index contributed by atoms with van der Waals surface area (Å²) in [4.78, 5) is 0. The Morgan fingerprint density at radius 1 is 1.38 bits per heavy atom. The van der Waals surface area contributed by atoms with Gasteiger partial charge in [-0.2, -0.15) is 0 Å². The quantitative estimate of drug-likeness (QED) is 0.807. The standard InChI is InChI=1S/C13H17NOS/c1-15-8-4-6-12(14)11-9-16-13-7-3-2-5-10(11)13/h2-3,5,7,9,12H,4,6,8,14H2,1H3. The second-order valence-electron chi connectivity index (χ2n) is 3.93. The van der Waals surface area contributed by atoms with E-state index in [-0.39, 0.29) is 6.04 Å². The van der Waals surface area contributed by atoms with Gasteiger partial charge in [0.2, 0.25) is 0 Å². The molecule has 1 aromatic carbocycles. The molecule has 2 nitrogen and oxygen atoms in total. The minimum absolute atomic E-state index is 0.131. The summed E-state index contributed by atoms with van der Waals surface area (Å²) in [6.07, 6.45) is 2.00. The maximum Gasteiger partial charge on any atom is 0.0462 e. The fourth-order valence-electron chi connectivity index (χ4n) is 1.89.